The molecule has 1 N–H and O–H groups in total. The summed E-state index contributed by atoms with van der Waals surface area (Å²) in [7, 11) is 0. The lowest BCUT2D eigenvalue weighted by atomic mass is 10.3. The molecule has 0 aliphatic carbocycles. The smallest absolute Gasteiger partial charge is 0.228 e. The van der Waals surface area contributed by atoms with Gasteiger partial charge in [0.2, 0.25) is 5.89 Å². The van der Waals surface area contributed by atoms with Crippen LogP contribution in [0.4, 0.5) is 0 Å². The molecule has 0 unspecified atom stereocenters. The Bertz CT molecular complexity index is 331. The van der Waals surface area contributed by atoms with E-state index in [4.69, 9.17) is 4.52 Å². The number of aliphatic imine (C=N–C) groups is 1. The first-order valence-electron chi connectivity index (χ1n) is 4.91. The predicted octanol–water partition coefficient (Wildman–Crippen LogP) is 0.702. The highest BCUT2D eigenvalue weighted by atomic mass is 16.5. The van der Waals surface area contributed by atoms with Gasteiger partial charge in [0.05, 0.1) is 5.84 Å². The lowest BCUT2D eigenvalue weighted by molar-refractivity contribution is 0.374. The average Bonchev–Trinajstić information content (AvgIpc) is 2.77. The third-order valence-corrected chi connectivity index (χ3v) is 2.11. The van der Waals surface area contributed by atoms with E-state index < -0.39 is 0 Å². The predicted molar refractivity (Wildman–Crippen MR) is 52.3 cm³/mol. The average molecular weight is 194 g/mol. The van der Waals surface area contributed by atoms with Crippen molar-refractivity contribution < 1.29 is 4.52 Å². The molecule has 0 amide bonds. The standard InChI is InChI=1S/C9H14N4O/c1-7-12-9(14-13-7)4-6-11-8-3-2-5-10-8/h2-6H2,1H3,(H,10,11). The van der Waals surface area contributed by atoms with Crippen LogP contribution in [-0.2, 0) is 6.42 Å². The summed E-state index contributed by atoms with van der Waals surface area (Å²) in [6, 6.07) is 0. The van der Waals surface area contributed by atoms with Gasteiger partial charge in [0.1, 0.15) is 0 Å². The van der Waals surface area contributed by atoms with Crippen molar-refractivity contribution in [3.63, 3.8) is 0 Å². The molecule has 1 aliphatic heterocycles. The van der Waals surface area contributed by atoms with Gasteiger partial charge < -0.3 is 9.84 Å². The van der Waals surface area contributed by atoms with Crippen LogP contribution in [0.3, 0.4) is 0 Å². The summed E-state index contributed by atoms with van der Waals surface area (Å²) in [6.07, 6.45) is 3.00. The highest BCUT2D eigenvalue weighted by Crippen LogP contribution is 2.01. The van der Waals surface area contributed by atoms with Crippen molar-refractivity contribution in [2.24, 2.45) is 4.99 Å². The van der Waals surface area contributed by atoms with Gasteiger partial charge in [-0.1, -0.05) is 5.16 Å². The zero-order valence-corrected chi connectivity index (χ0v) is 8.29. The van der Waals surface area contributed by atoms with Crippen LogP contribution in [0.25, 0.3) is 0 Å². The molecule has 2 rings (SSSR count). The Kier molecular flexibility index (Phi) is 2.76. The van der Waals surface area contributed by atoms with Gasteiger partial charge in [-0.15, -0.1) is 0 Å². The summed E-state index contributed by atoms with van der Waals surface area (Å²) in [5, 5.41) is 6.98. The van der Waals surface area contributed by atoms with Gasteiger partial charge in [-0.2, -0.15) is 4.98 Å². The van der Waals surface area contributed by atoms with Crippen LogP contribution in [-0.4, -0.2) is 29.1 Å². The van der Waals surface area contributed by atoms with Crippen molar-refractivity contribution in [3.8, 4) is 0 Å². The first-order chi connectivity index (χ1) is 6.84. The zero-order valence-electron chi connectivity index (χ0n) is 8.29. The van der Waals surface area contributed by atoms with E-state index in [0.717, 1.165) is 31.8 Å². The van der Waals surface area contributed by atoms with Gasteiger partial charge in [0.25, 0.3) is 0 Å². The number of rotatable bonds is 3. The van der Waals surface area contributed by atoms with E-state index >= 15 is 0 Å². The van der Waals surface area contributed by atoms with E-state index in [0.29, 0.717) is 11.7 Å². The number of nitrogens with one attached hydrogen (secondary N) is 1. The zero-order chi connectivity index (χ0) is 9.80. The minimum Gasteiger partial charge on any atom is -0.373 e. The molecule has 76 valence electrons. The molecule has 1 aromatic heterocycles. The first kappa shape index (κ1) is 9.18. The van der Waals surface area contributed by atoms with Crippen molar-refractivity contribution in [2.75, 3.05) is 13.1 Å². The summed E-state index contributed by atoms with van der Waals surface area (Å²) >= 11 is 0. The molecular formula is C9H14N4O. The molecule has 2 heterocycles. The molecule has 5 heteroatoms. The maximum Gasteiger partial charge on any atom is 0.228 e. The third-order valence-electron chi connectivity index (χ3n) is 2.11. The number of amidine groups is 1. The number of hydrogen-bond acceptors (Lipinski definition) is 5. The Labute approximate surface area is 82.6 Å². The maximum absolute atomic E-state index is 4.99. The molecule has 0 radical (unpaired) electrons. The quantitative estimate of drug-likeness (QED) is 0.769. The molecule has 0 saturated heterocycles. The van der Waals surface area contributed by atoms with Gasteiger partial charge in [-0.25, -0.2) is 0 Å². The van der Waals surface area contributed by atoms with E-state index in [1.807, 2.05) is 6.92 Å². The highest BCUT2D eigenvalue weighted by Gasteiger charge is 2.06. The fraction of sp³-hybridized carbons (Fsp3) is 0.667. The van der Waals surface area contributed by atoms with E-state index in [-0.39, 0.29) is 0 Å². The van der Waals surface area contributed by atoms with Gasteiger partial charge >= 0.3 is 0 Å². The van der Waals surface area contributed by atoms with Crippen LogP contribution in [0, 0.1) is 6.92 Å². The Balaban J connectivity index is 1.72. The number of aryl methyl sites for hydroxylation is 1. The fourth-order valence-electron chi connectivity index (χ4n) is 1.44. The van der Waals surface area contributed by atoms with Crippen LogP contribution in [0.5, 0.6) is 0 Å². The van der Waals surface area contributed by atoms with Crippen molar-refractivity contribution in [1.82, 2.24) is 15.5 Å². The minimum atomic E-state index is 0.689. The summed E-state index contributed by atoms with van der Waals surface area (Å²) < 4.78 is 4.99. The topological polar surface area (TPSA) is 63.3 Å². The molecule has 1 aliphatic rings. The van der Waals surface area contributed by atoms with Gasteiger partial charge in [0.15, 0.2) is 5.82 Å². The second-order valence-corrected chi connectivity index (χ2v) is 3.34. The van der Waals surface area contributed by atoms with Crippen LogP contribution < -0.4 is 5.32 Å². The van der Waals surface area contributed by atoms with Crippen molar-refractivity contribution in [2.45, 2.75) is 26.2 Å². The van der Waals surface area contributed by atoms with Gasteiger partial charge in [-0.05, 0) is 13.3 Å². The van der Waals surface area contributed by atoms with E-state index in [1.54, 1.807) is 0 Å². The Morgan fingerprint density at radius 1 is 1.50 bits per heavy atom. The number of aromatic nitrogens is 2. The normalized spacial score (nSPS) is 15.6. The second-order valence-electron chi connectivity index (χ2n) is 3.34. The lowest BCUT2D eigenvalue weighted by Gasteiger charge is -2.01. The number of nitrogens with zero attached hydrogens (tertiary/aromatic N) is 3. The molecule has 0 fully saturated rings. The van der Waals surface area contributed by atoms with Crippen molar-refractivity contribution in [1.29, 1.82) is 0 Å². The third kappa shape index (κ3) is 2.31. The van der Waals surface area contributed by atoms with E-state index in [2.05, 4.69) is 20.4 Å². The van der Waals surface area contributed by atoms with Crippen LogP contribution in [0.15, 0.2) is 9.52 Å². The monoisotopic (exact) mass is 194 g/mol. The Morgan fingerprint density at radius 3 is 3.07 bits per heavy atom. The number of hydrogen-bond donors (Lipinski definition) is 1. The molecule has 1 aromatic rings. The van der Waals surface area contributed by atoms with E-state index in [1.165, 1.54) is 6.42 Å². The molecule has 5 nitrogen and oxygen atoms in total. The first-order valence-corrected chi connectivity index (χ1v) is 4.91. The largest absolute Gasteiger partial charge is 0.373 e. The van der Waals surface area contributed by atoms with Crippen LogP contribution in [0.1, 0.15) is 24.6 Å². The van der Waals surface area contributed by atoms with Gasteiger partial charge in [-0.3, -0.25) is 4.99 Å². The fourth-order valence-corrected chi connectivity index (χ4v) is 1.44. The molecule has 0 bridgehead atoms. The Morgan fingerprint density at radius 2 is 2.43 bits per heavy atom. The van der Waals surface area contributed by atoms with Crippen molar-refractivity contribution >= 4 is 5.84 Å². The summed E-state index contributed by atoms with van der Waals surface area (Å²) in [5.41, 5.74) is 0. The molecule has 0 saturated carbocycles. The molecule has 0 atom stereocenters. The molecule has 14 heavy (non-hydrogen) atoms. The van der Waals surface area contributed by atoms with Crippen LogP contribution in [0.2, 0.25) is 0 Å². The summed E-state index contributed by atoms with van der Waals surface area (Å²) in [4.78, 5) is 8.43. The second kappa shape index (κ2) is 4.21. The van der Waals surface area contributed by atoms with Crippen LogP contribution >= 0.6 is 0 Å². The molecule has 0 aromatic carbocycles. The van der Waals surface area contributed by atoms with Gasteiger partial charge in [0, 0.05) is 25.9 Å². The minimum absolute atomic E-state index is 0.689. The molecule has 0 spiro atoms. The summed E-state index contributed by atoms with van der Waals surface area (Å²) in [6.45, 7) is 3.60. The maximum atomic E-state index is 4.99. The van der Waals surface area contributed by atoms with E-state index in [9.17, 15) is 0 Å². The van der Waals surface area contributed by atoms with Crippen molar-refractivity contribution in [3.05, 3.63) is 11.7 Å². The lowest BCUT2D eigenvalue weighted by Crippen LogP contribution is -2.23. The SMILES string of the molecule is Cc1noc(CCNC2=NCCC2)n1. The molecular weight excluding hydrogens is 180 g/mol. The Hall–Kier alpha value is -1.39. The highest BCUT2D eigenvalue weighted by molar-refractivity contribution is 5.83. The summed E-state index contributed by atoms with van der Waals surface area (Å²) in [5.74, 6) is 2.49.